The molecule has 69 valence electrons. The molecule has 0 N–H and O–H groups in total. The summed E-state index contributed by atoms with van der Waals surface area (Å²) in [6.07, 6.45) is 15.7. The zero-order valence-corrected chi connectivity index (χ0v) is 8.31. The van der Waals surface area contributed by atoms with Gasteiger partial charge in [-0.1, -0.05) is 31.4 Å². The fraction of sp³-hybridized carbons (Fsp3) is 0.750. The minimum atomic E-state index is 1.28. The van der Waals surface area contributed by atoms with Crippen LogP contribution in [0.5, 0.6) is 0 Å². The van der Waals surface area contributed by atoms with E-state index in [1.807, 2.05) is 5.92 Å². The molecule has 0 aromatic rings. The molecule has 1 fully saturated rings. The van der Waals surface area contributed by atoms with Crippen molar-refractivity contribution in [2.45, 2.75) is 58.3 Å². The third-order valence-electron chi connectivity index (χ3n) is 2.70. The van der Waals surface area contributed by atoms with Gasteiger partial charge in [-0.25, -0.2) is 0 Å². The molecular formula is C12H21. The van der Waals surface area contributed by atoms with E-state index in [1.165, 1.54) is 51.4 Å². The van der Waals surface area contributed by atoms with E-state index in [0.29, 0.717) is 0 Å². The minimum absolute atomic E-state index is 1.28. The van der Waals surface area contributed by atoms with Gasteiger partial charge in [-0.05, 0) is 44.9 Å². The van der Waals surface area contributed by atoms with Crippen LogP contribution in [0, 0.1) is 5.92 Å². The first-order chi connectivity index (χ1) is 5.93. The third-order valence-corrected chi connectivity index (χ3v) is 2.70. The van der Waals surface area contributed by atoms with Gasteiger partial charge in [-0.15, -0.1) is 0 Å². The summed E-state index contributed by atoms with van der Waals surface area (Å²) >= 11 is 0. The summed E-state index contributed by atoms with van der Waals surface area (Å²) in [5.74, 6) is 1.84. The minimum Gasteiger partial charge on any atom is -0.0917 e. The van der Waals surface area contributed by atoms with Crippen LogP contribution in [0.4, 0.5) is 0 Å². The second-order valence-corrected chi connectivity index (χ2v) is 3.77. The summed E-state index contributed by atoms with van der Waals surface area (Å²) in [6, 6.07) is 0. The summed E-state index contributed by atoms with van der Waals surface area (Å²) in [5.41, 5.74) is 0. The predicted molar refractivity (Wildman–Crippen MR) is 55.0 cm³/mol. The van der Waals surface area contributed by atoms with Crippen molar-refractivity contribution >= 4 is 0 Å². The monoisotopic (exact) mass is 165 g/mol. The van der Waals surface area contributed by atoms with Gasteiger partial charge in [0.05, 0.1) is 0 Å². The molecule has 0 aromatic carbocycles. The van der Waals surface area contributed by atoms with Crippen LogP contribution in [0.15, 0.2) is 12.2 Å². The number of unbranched alkanes of at least 4 members (excludes halogenated alkanes) is 1. The number of hydrogen-bond donors (Lipinski definition) is 0. The number of hydrogen-bond acceptors (Lipinski definition) is 0. The Morgan fingerprint density at radius 3 is 2.58 bits per heavy atom. The molecule has 1 rings (SSSR count). The van der Waals surface area contributed by atoms with Gasteiger partial charge in [0.25, 0.3) is 0 Å². The highest BCUT2D eigenvalue weighted by atomic mass is 14.2. The van der Waals surface area contributed by atoms with Gasteiger partial charge in [0.2, 0.25) is 0 Å². The maximum absolute atomic E-state index is 2.28. The molecule has 1 radical (unpaired) electrons. The molecular weight excluding hydrogens is 144 g/mol. The zero-order chi connectivity index (χ0) is 8.65. The van der Waals surface area contributed by atoms with Crippen LogP contribution in [-0.4, -0.2) is 0 Å². The summed E-state index contributed by atoms with van der Waals surface area (Å²) in [4.78, 5) is 0. The van der Waals surface area contributed by atoms with Crippen molar-refractivity contribution in [3.63, 3.8) is 0 Å². The Hall–Kier alpha value is -0.260. The van der Waals surface area contributed by atoms with Crippen molar-refractivity contribution in [3.8, 4) is 0 Å². The molecule has 0 heteroatoms. The molecule has 1 saturated carbocycles. The van der Waals surface area contributed by atoms with Crippen molar-refractivity contribution in [2.24, 2.45) is 0 Å². The molecule has 0 bridgehead atoms. The first-order valence-electron chi connectivity index (χ1n) is 5.38. The van der Waals surface area contributed by atoms with E-state index >= 15 is 0 Å². The van der Waals surface area contributed by atoms with Gasteiger partial charge < -0.3 is 0 Å². The molecule has 1 aliphatic rings. The maximum atomic E-state index is 2.28. The number of allylic oxidation sites excluding steroid dienone is 2. The molecule has 0 aliphatic heterocycles. The van der Waals surface area contributed by atoms with E-state index in [1.54, 1.807) is 0 Å². The Morgan fingerprint density at radius 1 is 1.17 bits per heavy atom. The maximum Gasteiger partial charge on any atom is -0.0241 e. The fourth-order valence-electron chi connectivity index (χ4n) is 1.94. The molecule has 0 nitrogen and oxygen atoms in total. The highest BCUT2D eigenvalue weighted by Gasteiger charge is 2.12. The molecule has 12 heavy (non-hydrogen) atoms. The van der Waals surface area contributed by atoms with Crippen LogP contribution >= 0.6 is 0 Å². The molecule has 0 spiro atoms. The number of rotatable bonds is 4. The van der Waals surface area contributed by atoms with Gasteiger partial charge in [-0.3, -0.25) is 0 Å². The Morgan fingerprint density at radius 2 is 1.92 bits per heavy atom. The predicted octanol–water partition coefficient (Wildman–Crippen LogP) is 4.27. The highest BCUT2D eigenvalue weighted by Crippen LogP contribution is 2.29. The second-order valence-electron chi connectivity index (χ2n) is 3.77. The van der Waals surface area contributed by atoms with Crippen molar-refractivity contribution < 1.29 is 0 Å². The highest BCUT2D eigenvalue weighted by molar-refractivity contribution is 4.92. The standard InChI is InChI=1S/C12H21/c1-2-3-4-6-9-12-10-7-5-8-11-12/h2-3H,4-11H2,1H3. The molecule has 0 amide bonds. The lowest BCUT2D eigenvalue weighted by molar-refractivity contribution is 0.498. The molecule has 0 atom stereocenters. The van der Waals surface area contributed by atoms with Crippen LogP contribution < -0.4 is 0 Å². The summed E-state index contributed by atoms with van der Waals surface area (Å²) in [5, 5.41) is 0. The Kier molecular flexibility index (Phi) is 5.14. The van der Waals surface area contributed by atoms with Gasteiger partial charge in [-0.2, -0.15) is 0 Å². The van der Waals surface area contributed by atoms with Crippen molar-refractivity contribution in [1.29, 1.82) is 0 Å². The molecule has 1 aliphatic carbocycles. The quantitative estimate of drug-likeness (QED) is 0.431. The first-order valence-corrected chi connectivity index (χ1v) is 5.38. The van der Waals surface area contributed by atoms with Gasteiger partial charge in [0, 0.05) is 0 Å². The van der Waals surface area contributed by atoms with Crippen LogP contribution in [0.25, 0.3) is 0 Å². The first kappa shape index (κ1) is 9.83. The van der Waals surface area contributed by atoms with Crippen LogP contribution in [0.1, 0.15) is 58.3 Å². The van der Waals surface area contributed by atoms with E-state index in [4.69, 9.17) is 0 Å². The fourth-order valence-corrected chi connectivity index (χ4v) is 1.94. The van der Waals surface area contributed by atoms with Crippen LogP contribution in [0.2, 0.25) is 0 Å². The van der Waals surface area contributed by atoms with Crippen molar-refractivity contribution in [1.82, 2.24) is 0 Å². The lowest BCUT2D eigenvalue weighted by Gasteiger charge is -2.20. The zero-order valence-electron chi connectivity index (χ0n) is 8.31. The van der Waals surface area contributed by atoms with Gasteiger partial charge >= 0.3 is 0 Å². The Balaban J connectivity index is 1.97. The molecule has 0 heterocycles. The van der Waals surface area contributed by atoms with Gasteiger partial charge in [0.1, 0.15) is 0 Å². The summed E-state index contributed by atoms with van der Waals surface area (Å²) in [7, 11) is 0. The lowest BCUT2D eigenvalue weighted by atomic mass is 9.86. The molecule has 0 aromatic heterocycles. The van der Waals surface area contributed by atoms with Gasteiger partial charge in [0.15, 0.2) is 0 Å². The molecule has 0 unspecified atom stereocenters. The smallest absolute Gasteiger partial charge is 0.0241 e. The van der Waals surface area contributed by atoms with E-state index in [9.17, 15) is 0 Å². The summed E-state index contributed by atoms with van der Waals surface area (Å²) < 4.78 is 0. The molecule has 0 saturated heterocycles. The largest absolute Gasteiger partial charge is 0.0917 e. The van der Waals surface area contributed by atoms with Crippen molar-refractivity contribution in [2.75, 3.05) is 0 Å². The van der Waals surface area contributed by atoms with E-state index < -0.39 is 0 Å². The van der Waals surface area contributed by atoms with Crippen LogP contribution in [0.3, 0.4) is 0 Å². The van der Waals surface area contributed by atoms with E-state index in [2.05, 4.69) is 19.1 Å². The SMILES string of the molecule is CC=CCCC[C]1CCCCC1. The summed E-state index contributed by atoms with van der Waals surface area (Å²) in [6.45, 7) is 2.10. The van der Waals surface area contributed by atoms with E-state index in [0.717, 1.165) is 0 Å². The Labute approximate surface area is 77.1 Å². The average molecular weight is 165 g/mol. The normalized spacial score (nSPS) is 20.4. The Bertz CT molecular complexity index is 118. The van der Waals surface area contributed by atoms with Crippen LogP contribution in [-0.2, 0) is 0 Å². The average Bonchev–Trinajstić information content (AvgIpc) is 2.14. The van der Waals surface area contributed by atoms with Crippen molar-refractivity contribution in [3.05, 3.63) is 18.1 Å². The second kappa shape index (κ2) is 6.28. The van der Waals surface area contributed by atoms with E-state index in [-0.39, 0.29) is 0 Å². The lowest BCUT2D eigenvalue weighted by Crippen LogP contribution is -2.03. The topological polar surface area (TPSA) is 0 Å². The third kappa shape index (κ3) is 3.94.